The van der Waals surface area contributed by atoms with Gasteiger partial charge in [0.05, 0.1) is 7.11 Å². The second kappa shape index (κ2) is 6.42. The van der Waals surface area contributed by atoms with Crippen molar-refractivity contribution in [3.63, 3.8) is 0 Å². The Bertz CT molecular complexity index is 626. The monoisotopic (exact) mass is 315 g/mol. The summed E-state index contributed by atoms with van der Waals surface area (Å²) in [5.74, 6) is -0.236. The second-order valence-corrected chi connectivity index (χ2v) is 6.97. The molecule has 0 aliphatic rings. The Balaban J connectivity index is 3.23. The van der Waals surface area contributed by atoms with Crippen LogP contribution in [0, 0.1) is 0 Å². The minimum atomic E-state index is -3.73. The van der Waals surface area contributed by atoms with Crippen LogP contribution in [-0.4, -0.2) is 40.6 Å². The molecule has 1 aromatic carbocycles. The molecule has 7 nitrogen and oxygen atoms in total. The molecule has 0 unspecified atom stereocenters. The summed E-state index contributed by atoms with van der Waals surface area (Å²) in [5.41, 5.74) is 5.19. The molecule has 0 aliphatic carbocycles. The van der Waals surface area contributed by atoms with Crippen molar-refractivity contribution in [2.45, 2.75) is 24.3 Å². The van der Waals surface area contributed by atoms with Crippen LogP contribution in [0.2, 0.25) is 0 Å². The summed E-state index contributed by atoms with van der Waals surface area (Å²) in [6.45, 7) is 3.82. The maximum absolute atomic E-state index is 12.2. The lowest BCUT2D eigenvalue weighted by atomic mass is 10.1. The van der Waals surface area contributed by atoms with Crippen molar-refractivity contribution in [1.29, 1.82) is 0 Å². The highest BCUT2D eigenvalue weighted by molar-refractivity contribution is 7.89. The van der Waals surface area contributed by atoms with Gasteiger partial charge in [0.25, 0.3) is 5.91 Å². The first kappa shape index (κ1) is 17.4. The number of nitrogens with one attached hydrogen (secondary N) is 2. The third kappa shape index (κ3) is 4.16. The lowest BCUT2D eigenvalue weighted by Crippen LogP contribution is -2.48. The van der Waals surface area contributed by atoms with E-state index >= 15 is 0 Å². The van der Waals surface area contributed by atoms with Gasteiger partial charge in [-0.15, -0.1) is 0 Å². The predicted octanol–water partition coefficient (Wildman–Crippen LogP) is 0.0704. The van der Waals surface area contributed by atoms with Gasteiger partial charge in [0, 0.05) is 17.6 Å². The van der Waals surface area contributed by atoms with Gasteiger partial charge in [0.1, 0.15) is 10.6 Å². The topological polar surface area (TPSA) is 111 Å². The van der Waals surface area contributed by atoms with Crippen LogP contribution >= 0.6 is 0 Å². The van der Waals surface area contributed by atoms with Gasteiger partial charge in [-0.2, -0.15) is 0 Å². The zero-order valence-corrected chi connectivity index (χ0v) is 13.4. The average molecular weight is 315 g/mol. The van der Waals surface area contributed by atoms with Crippen LogP contribution in [0.4, 0.5) is 0 Å². The van der Waals surface area contributed by atoms with E-state index in [4.69, 9.17) is 10.5 Å². The summed E-state index contributed by atoms with van der Waals surface area (Å²) < 4.78 is 31.1. The van der Waals surface area contributed by atoms with Crippen molar-refractivity contribution in [2.24, 2.45) is 5.73 Å². The number of hydrogen-bond acceptors (Lipinski definition) is 5. The van der Waals surface area contributed by atoms with E-state index in [0.717, 1.165) is 0 Å². The SMILES string of the molecule is CNS(=O)(=O)c1cc(C(=O)NC(C)(C)CN)ccc1OC. The molecule has 0 spiro atoms. The highest BCUT2D eigenvalue weighted by Crippen LogP contribution is 2.24. The first-order chi connectivity index (χ1) is 9.66. The Hall–Kier alpha value is -1.64. The minimum Gasteiger partial charge on any atom is -0.495 e. The quantitative estimate of drug-likeness (QED) is 0.688. The van der Waals surface area contributed by atoms with E-state index in [1.165, 1.54) is 32.4 Å². The van der Waals surface area contributed by atoms with Crippen molar-refractivity contribution in [3.05, 3.63) is 23.8 Å². The maximum Gasteiger partial charge on any atom is 0.251 e. The molecular formula is C13H21N3O4S. The molecule has 0 aromatic heterocycles. The molecule has 0 aliphatic heterocycles. The van der Waals surface area contributed by atoms with Gasteiger partial charge in [-0.25, -0.2) is 13.1 Å². The van der Waals surface area contributed by atoms with E-state index in [2.05, 4.69) is 10.0 Å². The van der Waals surface area contributed by atoms with E-state index in [1.807, 2.05) is 0 Å². The Morgan fingerprint density at radius 2 is 2.00 bits per heavy atom. The molecule has 21 heavy (non-hydrogen) atoms. The standard InChI is InChI=1S/C13H21N3O4S/c1-13(2,8-14)16-12(17)9-5-6-10(20-4)11(7-9)21(18,19)15-3/h5-7,15H,8,14H2,1-4H3,(H,16,17). The largest absolute Gasteiger partial charge is 0.495 e. The number of benzene rings is 1. The summed E-state index contributed by atoms with van der Waals surface area (Å²) in [6.07, 6.45) is 0. The van der Waals surface area contributed by atoms with Crippen molar-refractivity contribution < 1.29 is 17.9 Å². The molecule has 0 atom stereocenters. The summed E-state index contributed by atoms with van der Waals surface area (Å²) >= 11 is 0. The Kier molecular flexibility index (Phi) is 5.32. The van der Waals surface area contributed by atoms with Crippen LogP contribution in [0.5, 0.6) is 5.75 Å². The Morgan fingerprint density at radius 1 is 1.38 bits per heavy atom. The van der Waals surface area contributed by atoms with Gasteiger partial charge < -0.3 is 15.8 Å². The first-order valence-corrected chi connectivity index (χ1v) is 7.79. The van der Waals surface area contributed by atoms with Crippen molar-refractivity contribution in [3.8, 4) is 5.75 Å². The molecule has 0 saturated heterocycles. The number of sulfonamides is 1. The van der Waals surface area contributed by atoms with Crippen LogP contribution in [0.15, 0.2) is 23.1 Å². The van der Waals surface area contributed by atoms with E-state index in [1.54, 1.807) is 13.8 Å². The van der Waals surface area contributed by atoms with E-state index in [-0.39, 0.29) is 22.8 Å². The fraction of sp³-hybridized carbons (Fsp3) is 0.462. The Morgan fingerprint density at radius 3 is 2.48 bits per heavy atom. The Labute approximate surface area is 124 Å². The normalized spacial score (nSPS) is 12.0. The lowest BCUT2D eigenvalue weighted by Gasteiger charge is -2.24. The fourth-order valence-electron chi connectivity index (χ4n) is 1.57. The molecule has 8 heteroatoms. The van der Waals surface area contributed by atoms with Crippen LogP contribution in [0.3, 0.4) is 0 Å². The van der Waals surface area contributed by atoms with Crippen LogP contribution in [0.1, 0.15) is 24.2 Å². The molecule has 1 rings (SSSR count). The van der Waals surface area contributed by atoms with Crippen LogP contribution < -0.4 is 20.5 Å². The van der Waals surface area contributed by atoms with E-state index in [9.17, 15) is 13.2 Å². The van der Waals surface area contributed by atoms with E-state index in [0.29, 0.717) is 0 Å². The molecule has 1 aromatic rings. The zero-order valence-electron chi connectivity index (χ0n) is 12.6. The third-order valence-corrected chi connectivity index (χ3v) is 4.38. The molecule has 1 amide bonds. The molecule has 4 N–H and O–H groups in total. The molecule has 0 radical (unpaired) electrons. The van der Waals surface area contributed by atoms with E-state index < -0.39 is 21.5 Å². The summed E-state index contributed by atoms with van der Waals surface area (Å²) in [5, 5.41) is 2.74. The second-order valence-electron chi connectivity index (χ2n) is 5.12. The molecule has 0 saturated carbocycles. The number of rotatable bonds is 6. The number of nitrogens with two attached hydrogens (primary N) is 1. The number of ether oxygens (including phenoxy) is 1. The van der Waals surface area contributed by atoms with Crippen molar-refractivity contribution in [2.75, 3.05) is 20.7 Å². The van der Waals surface area contributed by atoms with Gasteiger partial charge in [-0.05, 0) is 39.1 Å². The average Bonchev–Trinajstić information content (AvgIpc) is 2.46. The number of methoxy groups -OCH3 is 1. The molecule has 0 fully saturated rings. The lowest BCUT2D eigenvalue weighted by molar-refractivity contribution is 0.0915. The maximum atomic E-state index is 12.2. The summed E-state index contributed by atoms with van der Waals surface area (Å²) in [6, 6.07) is 4.20. The molecule has 118 valence electrons. The summed E-state index contributed by atoms with van der Waals surface area (Å²) in [4.78, 5) is 12.1. The highest BCUT2D eigenvalue weighted by Gasteiger charge is 2.23. The van der Waals surface area contributed by atoms with Gasteiger partial charge in [0.15, 0.2) is 0 Å². The third-order valence-electron chi connectivity index (χ3n) is 2.95. The fourth-order valence-corrected chi connectivity index (χ4v) is 2.49. The van der Waals surface area contributed by atoms with Crippen LogP contribution in [0.25, 0.3) is 0 Å². The van der Waals surface area contributed by atoms with Crippen molar-refractivity contribution >= 4 is 15.9 Å². The number of carbonyl (C=O) groups is 1. The minimum absolute atomic E-state index is 0.0919. The predicted molar refractivity (Wildman–Crippen MR) is 79.8 cm³/mol. The number of hydrogen-bond donors (Lipinski definition) is 3. The number of amides is 1. The zero-order chi connectivity index (χ0) is 16.3. The summed E-state index contributed by atoms with van der Waals surface area (Å²) in [7, 11) is -1.07. The van der Waals surface area contributed by atoms with Gasteiger partial charge >= 0.3 is 0 Å². The first-order valence-electron chi connectivity index (χ1n) is 6.31. The highest BCUT2D eigenvalue weighted by atomic mass is 32.2. The molecule has 0 bridgehead atoms. The smallest absolute Gasteiger partial charge is 0.251 e. The van der Waals surface area contributed by atoms with Gasteiger partial charge in [-0.3, -0.25) is 4.79 Å². The van der Waals surface area contributed by atoms with Crippen LogP contribution in [-0.2, 0) is 10.0 Å². The van der Waals surface area contributed by atoms with Gasteiger partial charge in [0.2, 0.25) is 10.0 Å². The van der Waals surface area contributed by atoms with Crippen molar-refractivity contribution in [1.82, 2.24) is 10.0 Å². The molecule has 0 heterocycles. The molecular weight excluding hydrogens is 294 g/mol. The van der Waals surface area contributed by atoms with Gasteiger partial charge in [-0.1, -0.05) is 0 Å². The number of carbonyl (C=O) groups excluding carboxylic acids is 1.